The molecular weight excluding hydrogens is 420 g/mol. The Hall–Kier alpha value is -2.76. The largest absolute Gasteiger partial charge is 0.486 e. The predicted octanol–water partition coefficient (Wildman–Crippen LogP) is 0.953. The Bertz CT molecular complexity index is 1240. The van der Waals surface area contributed by atoms with E-state index in [1.165, 1.54) is 16.4 Å². The summed E-state index contributed by atoms with van der Waals surface area (Å²) in [6, 6.07) is 6.28. The molecule has 11 heteroatoms. The van der Waals surface area contributed by atoms with Crippen LogP contribution in [0.3, 0.4) is 0 Å². The minimum atomic E-state index is -3.52. The third-order valence-electron chi connectivity index (χ3n) is 5.23. The number of nitrogens with one attached hydrogen (secondary N) is 2. The summed E-state index contributed by atoms with van der Waals surface area (Å²) in [4.78, 5) is 20.0. The molecule has 1 fully saturated rings. The van der Waals surface area contributed by atoms with Gasteiger partial charge in [-0.2, -0.15) is 9.40 Å². The minimum Gasteiger partial charge on any atom is -0.486 e. The van der Waals surface area contributed by atoms with Crippen LogP contribution in [0.5, 0.6) is 5.75 Å². The van der Waals surface area contributed by atoms with E-state index in [0.717, 1.165) is 5.69 Å². The van der Waals surface area contributed by atoms with Gasteiger partial charge in [-0.3, -0.25) is 9.48 Å². The first-order valence-corrected chi connectivity index (χ1v) is 11.6. The van der Waals surface area contributed by atoms with Gasteiger partial charge in [0.2, 0.25) is 10.0 Å². The van der Waals surface area contributed by atoms with Crippen LogP contribution in [-0.2, 0) is 23.7 Å². The van der Waals surface area contributed by atoms with E-state index in [1.807, 2.05) is 13.8 Å². The zero-order valence-corrected chi connectivity index (χ0v) is 18.6. The van der Waals surface area contributed by atoms with E-state index < -0.39 is 10.0 Å². The van der Waals surface area contributed by atoms with Crippen molar-refractivity contribution in [3.05, 3.63) is 46.1 Å². The second-order valence-electron chi connectivity index (χ2n) is 7.79. The fourth-order valence-electron chi connectivity index (χ4n) is 3.60. The van der Waals surface area contributed by atoms with Crippen molar-refractivity contribution < 1.29 is 13.2 Å². The first-order chi connectivity index (χ1) is 14.8. The molecule has 2 N–H and O–H groups in total. The normalized spacial score (nSPS) is 15.6. The van der Waals surface area contributed by atoms with Crippen LogP contribution in [0.2, 0.25) is 0 Å². The number of nitrogens with zero attached hydrogens (tertiary/aromatic N) is 4. The van der Waals surface area contributed by atoms with Gasteiger partial charge in [-0.25, -0.2) is 13.4 Å². The number of ether oxygens (including phenoxy) is 1. The van der Waals surface area contributed by atoms with Crippen molar-refractivity contribution in [3.63, 3.8) is 0 Å². The van der Waals surface area contributed by atoms with Crippen LogP contribution in [0, 0.1) is 0 Å². The quantitative estimate of drug-likeness (QED) is 0.578. The van der Waals surface area contributed by atoms with Gasteiger partial charge >= 0.3 is 0 Å². The second kappa shape index (κ2) is 8.40. The minimum absolute atomic E-state index is 0.0432. The molecule has 1 saturated heterocycles. The summed E-state index contributed by atoms with van der Waals surface area (Å²) in [6.07, 6.45) is 0. The molecular formula is C20H26N6O4S. The molecule has 0 spiro atoms. The van der Waals surface area contributed by atoms with Gasteiger partial charge in [0, 0.05) is 33.2 Å². The van der Waals surface area contributed by atoms with Gasteiger partial charge in [-0.1, -0.05) is 13.8 Å². The molecule has 10 nitrogen and oxygen atoms in total. The summed E-state index contributed by atoms with van der Waals surface area (Å²) in [5.74, 6) is 0.985. The van der Waals surface area contributed by atoms with Crippen LogP contribution in [0.4, 0.5) is 0 Å². The third kappa shape index (κ3) is 4.21. The predicted molar refractivity (Wildman–Crippen MR) is 116 cm³/mol. The third-order valence-corrected chi connectivity index (χ3v) is 7.14. The van der Waals surface area contributed by atoms with Crippen molar-refractivity contribution in [2.45, 2.75) is 31.3 Å². The Balaban J connectivity index is 1.51. The van der Waals surface area contributed by atoms with E-state index in [0.29, 0.717) is 48.8 Å². The zero-order chi connectivity index (χ0) is 22.2. The van der Waals surface area contributed by atoms with E-state index in [-0.39, 0.29) is 23.0 Å². The number of aromatic amines is 1. The van der Waals surface area contributed by atoms with Crippen LogP contribution < -0.4 is 15.6 Å². The van der Waals surface area contributed by atoms with Crippen LogP contribution >= 0.6 is 0 Å². The van der Waals surface area contributed by atoms with Gasteiger partial charge in [0.25, 0.3) is 5.56 Å². The highest BCUT2D eigenvalue weighted by molar-refractivity contribution is 7.89. The molecule has 0 bridgehead atoms. The lowest BCUT2D eigenvalue weighted by Crippen LogP contribution is -2.46. The molecule has 1 aromatic carbocycles. The highest BCUT2D eigenvalue weighted by Gasteiger charge is 2.25. The van der Waals surface area contributed by atoms with E-state index in [9.17, 15) is 13.2 Å². The number of aryl methyl sites for hydroxylation is 1. The maximum atomic E-state index is 12.7. The van der Waals surface area contributed by atoms with Crippen molar-refractivity contribution in [2.24, 2.45) is 7.05 Å². The van der Waals surface area contributed by atoms with Crippen molar-refractivity contribution >= 4 is 21.1 Å². The number of aromatic nitrogens is 4. The highest BCUT2D eigenvalue weighted by atomic mass is 32.2. The lowest BCUT2D eigenvalue weighted by Gasteiger charge is -2.26. The maximum Gasteiger partial charge on any atom is 0.277 e. The summed E-state index contributed by atoms with van der Waals surface area (Å²) in [7, 11) is -1.80. The number of H-pyrrole nitrogens is 1. The molecule has 0 amide bonds. The van der Waals surface area contributed by atoms with Gasteiger partial charge in [-0.05, 0) is 30.2 Å². The topological polar surface area (TPSA) is 122 Å². The van der Waals surface area contributed by atoms with Gasteiger partial charge in [0.15, 0.2) is 5.52 Å². The smallest absolute Gasteiger partial charge is 0.277 e. The molecule has 3 aromatic rings. The number of rotatable bonds is 6. The molecule has 31 heavy (non-hydrogen) atoms. The summed E-state index contributed by atoms with van der Waals surface area (Å²) in [5.41, 5.74) is 1.47. The van der Waals surface area contributed by atoms with Crippen LogP contribution in [0.1, 0.15) is 31.3 Å². The first kappa shape index (κ1) is 21.5. The summed E-state index contributed by atoms with van der Waals surface area (Å²) in [5, 5.41) is 7.55. The molecule has 2 aromatic heterocycles. The fourth-order valence-corrected chi connectivity index (χ4v) is 5.04. The van der Waals surface area contributed by atoms with Crippen molar-refractivity contribution in [2.75, 3.05) is 26.2 Å². The van der Waals surface area contributed by atoms with E-state index in [2.05, 4.69) is 20.4 Å². The van der Waals surface area contributed by atoms with Crippen molar-refractivity contribution in [1.82, 2.24) is 29.4 Å². The Labute approximate surface area is 180 Å². The number of hydrogen-bond donors (Lipinski definition) is 2. The number of sulfonamides is 1. The summed E-state index contributed by atoms with van der Waals surface area (Å²) in [6.45, 7) is 6.23. The molecule has 4 rings (SSSR count). The number of benzene rings is 1. The second-order valence-corrected chi connectivity index (χ2v) is 9.73. The maximum absolute atomic E-state index is 12.7. The van der Waals surface area contributed by atoms with Crippen LogP contribution in [0.25, 0.3) is 11.0 Å². The Morgan fingerprint density at radius 3 is 2.48 bits per heavy atom. The molecule has 0 radical (unpaired) electrons. The monoisotopic (exact) mass is 446 g/mol. The van der Waals surface area contributed by atoms with Crippen LogP contribution in [0.15, 0.2) is 34.0 Å². The lowest BCUT2D eigenvalue weighted by atomic mass is 10.1. The van der Waals surface area contributed by atoms with Gasteiger partial charge in [0.1, 0.15) is 23.7 Å². The molecule has 1 aliphatic heterocycles. The van der Waals surface area contributed by atoms with Crippen molar-refractivity contribution in [1.29, 1.82) is 0 Å². The number of piperazine rings is 1. The van der Waals surface area contributed by atoms with Crippen molar-refractivity contribution in [3.8, 4) is 5.75 Å². The van der Waals surface area contributed by atoms with E-state index in [4.69, 9.17) is 4.74 Å². The Morgan fingerprint density at radius 1 is 1.16 bits per heavy atom. The average Bonchev–Trinajstić information content (AvgIpc) is 3.10. The number of fused-ring (bicyclic) bond motifs is 1. The SMILES string of the molecule is CC(C)c1nn(C)c2c(=O)[nH]c(COc3ccc(S(=O)(=O)N4CCNCC4)cc3)nc12. The number of hydrogen-bond acceptors (Lipinski definition) is 7. The first-order valence-electron chi connectivity index (χ1n) is 10.2. The Morgan fingerprint density at radius 2 is 1.84 bits per heavy atom. The fraction of sp³-hybridized carbons (Fsp3) is 0.450. The standard InChI is InChI=1S/C20H26N6O4S/c1-13(2)17-18-19(25(3)24-17)20(27)23-16(22-18)12-30-14-4-6-15(7-5-14)31(28,29)26-10-8-21-9-11-26/h4-7,13,21H,8-12H2,1-3H3,(H,22,23,27). The van der Waals surface area contributed by atoms with Gasteiger partial charge in [0.05, 0.1) is 10.6 Å². The molecule has 1 aliphatic rings. The van der Waals surface area contributed by atoms with Crippen LogP contribution in [-0.4, -0.2) is 58.7 Å². The highest BCUT2D eigenvalue weighted by Crippen LogP contribution is 2.22. The summed E-state index contributed by atoms with van der Waals surface area (Å²) < 4.78 is 34.2. The molecule has 0 unspecified atom stereocenters. The van der Waals surface area contributed by atoms with E-state index >= 15 is 0 Å². The molecule has 0 atom stereocenters. The Kier molecular flexibility index (Phi) is 5.82. The molecule has 0 aliphatic carbocycles. The van der Waals surface area contributed by atoms with Gasteiger partial charge in [-0.15, -0.1) is 0 Å². The average molecular weight is 447 g/mol. The summed E-state index contributed by atoms with van der Waals surface area (Å²) >= 11 is 0. The molecule has 0 saturated carbocycles. The lowest BCUT2D eigenvalue weighted by molar-refractivity contribution is 0.295. The van der Waals surface area contributed by atoms with Gasteiger partial charge < -0.3 is 15.0 Å². The molecule has 3 heterocycles. The zero-order valence-electron chi connectivity index (χ0n) is 17.8. The molecule has 166 valence electrons. The van der Waals surface area contributed by atoms with E-state index in [1.54, 1.807) is 23.9 Å².